The Morgan fingerprint density at radius 2 is 1.67 bits per heavy atom. The number of nitrogens with one attached hydrogen (secondary N) is 1. The van der Waals surface area contributed by atoms with Gasteiger partial charge in [-0.25, -0.2) is 4.98 Å². The van der Waals surface area contributed by atoms with Gasteiger partial charge in [-0.3, -0.25) is 4.57 Å². The molecule has 148 valence electrons. The van der Waals surface area contributed by atoms with Gasteiger partial charge in [0.1, 0.15) is 17.3 Å². The van der Waals surface area contributed by atoms with Gasteiger partial charge in [0, 0.05) is 17.3 Å². The quantitative estimate of drug-likeness (QED) is 0.544. The third-order valence-corrected chi connectivity index (χ3v) is 5.98. The Morgan fingerprint density at radius 3 is 2.19 bits per heavy atom. The van der Waals surface area contributed by atoms with Crippen molar-refractivity contribution in [3.8, 4) is 11.5 Å². The highest BCUT2D eigenvalue weighted by Crippen LogP contribution is 2.63. The van der Waals surface area contributed by atoms with Crippen LogP contribution in [0.1, 0.15) is 44.7 Å². The molecule has 0 saturated carbocycles. The lowest BCUT2D eigenvalue weighted by Crippen LogP contribution is -2.20. The molecule has 0 amide bonds. The number of anilines is 1. The summed E-state index contributed by atoms with van der Waals surface area (Å²) in [6.45, 7) is 8.88. The molecule has 0 radical (unpaired) electrons. The average molecular weight is 394 g/mol. The van der Waals surface area contributed by atoms with Crippen LogP contribution >= 0.6 is 7.60 Å². The van der Waals surface area contributed by atoms with Crippen molar-refractivity contribution in [1.82, 2.24) is 4.98 Å². The summed E-state index contributed by atoms with van der Waals surface area (Å²) in [5, 5.41) is 23.1. The number of hydrogen-bond acceptors (Lipinski definition) is 7. The molecule has 0 aliphatic heterocycles. The number of pyridine rings is 1. The monoisotopic (exact) mass is 394 g/mol. The molecule has 0 saturated heterocycles. The van der Waals surface area contributed by atoms with Crippen molar-refractivity contribution in [2.75, 3.05) is 5.32 Å². The molecule has 7 nitrogen and oxygen atoms in total. The third-order valence-electron chi connectivity index (χ3n) is 3.51. The maximum atomic E-state index is 13.8. The van der Waals surface area contributed by atoms with Gasteiger partial charge in [-0.1, -0.05) is 6.07 Å². The van der Waals surface area contributed by atoms with Gasteiger partial charge in [0.25, 0.3) is 0 Å². The summed E-state index contributed by atoms with van der Waals surface area (Å²) in [5.41, 5.74) is 1.05. The van der Waals surface area contributed by atoms with Gasteiger partial charge in [-0.2, -0.15) is 0 Å². The standard InChI is InChI=1S/C19H27N2O5P/c1-12(2)25-27(24,26-13(3)4)19(16-10-9-15(22)11-17(16)23)21-18-8-6-7-14(5)20-18/h6-13,19,22-23H,1-5H3,(H,20,21). The smallest absolute Gasteiger partial charge is 0.357 e. The van der Waals surface area contributed by atoms with Crippen molar-refractivity contribution < 1.29 is 23.8 Å². The number of rotatable bonds is 8. The first-order chi connectivity index (χ1) is 12.6. The van der Waals surface area contributed by atoms with E-state index in [1.807, 2.05) is 19.1 Å². The predicted octanol–water partition coefficient (Wildman–Crippen LogP) is 4.96. The highest BCUT2D eigenvalue weighted by molar-refractivity contribution is 7.54. The molecular weight excluding hydrogens is 367 g/mol. The van der Waals surface area contributed by atoms with E-state index in [2.05, 4.69) is 10.3 Å². The van der Waals surface area contributed by atoms with E-state index in [1.54, 1.807) is 33.8 Å². The molecule has 2 rings (SSSR count). The maximum Gasteiger partial charge on any atom is 0.357 e. The SMILES string of the molecule is Cc1cccc(NC(c2ccc(O)cc2O)P(=O)(OC(C)C)OC(C)C)n1. The van der Waals surface area contributed by atoms with Crippen LogP contribution in [0.25, 0.3) is 0 Å². The molecular formula is C19H27N2O5P. The second kappa shape index (κ2) is 8.74. The number of phenolic OH excluding ortho intramolecular Hbond substituents is 2. The fourth-order valence-electron chi connectivity index (χ4n) is 2.59. The van der Waals surface area contributed by atoms with Crippen LogP contribution in [-0.4, -0.2) is 27.4 Å². The van der Waals surface area contributed by atoms with Gasteiger partial charge in [0.2, 0.25) is 0 Å². The van der Waals surface area contributed by atoms with Crippen molar-refractivity contribution in [2.24, 2.45) is 0 Å². The Labute approximate surface area is 159 Å². The fourth-order valence-corrected chi connectivity index (χ4v) is 4.91. The Kier molecular flexibility index (Phi) is 6.87. The Morgan fingerprint density at radius 1 is 1.04 bits per heavy atom. The highest BCUT2D eigenvalue weighted by atomic mass is 31.2. The van der Waals surface area contributed by atoms with Crippen LogP contribution in [-0.2, 0) is 13.6 Å². The van der Waals surface area contributed by atoms with Crippen molar-refractivity contribution in [1.29, 1.82) is 0 Å². The van der Waals surface area contributed by atoms with E-state index in [0.717, 1.165) is 5.69 Å². The minimum absolute atomic E-state index is 0.104. The number of hydrogen-bond donors (Lipinski definition) is 3. The first kappa shape index (κ1) is 21.2. The normalized spacial score (nSPS) is 13.1. The van der Waals surface area contributed by atoms with Gasteiger partial charge < -0.3 is 24.6 Å². The minimum atomic E-state index is -3.78. The number of benzene rings is 1. The lowest BCUT2D eigenvalue weighted by molar-refractivity contribution is 0.137. The lowest BCUT2D eigenvalue weighted by Gasteiger charge is -2.31. The maximum absolute atomic E-state index is 13.8. The summed E-state index contributed by atoms with van der Waals surface area (Å²) in [6, 6.07) is 9.46. The van der Waals surface area contributed by atoms with Crippen LogP contribution < -0.4 is 5.32 Å². The Hall–Kier alpha value is -2.08. The van der Waals surface area contributed by atoms with Gasteiger partial charge >= 0.3 is 7.60 Å². The minimum Gasteiger partial charge on any atom is -0.508 e. The first-order valence-corrected chi connectivity index (χ1v) is 10.4. The van der Waals surface area contributed by atoms with Crippen LogP contribution in [0, 0.1) is 6.92 Å². The topological polar surface area (TPSA) is 101 Å². The van der Waals surface area contributed by atoms with E-state index in [-0.39, 0.29) is 29.3 Å². The van der Waals surface area contributed by atoms with Crippen LogP contribution in [0.4, 0.5) is 5.82 Å². The fraction of sp³-hybridized carbons (Fsp3) is 0.421. The van der Waals surface area contributed by atoms with Gasteiger partial charge in [-0.15, -0.1) is 0 Å². The van der Waals surface area contributed by atoms with Crippen LogP contribution in [0.2, 0.25) is 0 Å². The van der Waals surface area contributed by atoms with E-state index in [0.29, 0.717) is 5.82 Å². The molecule has 1 heterocycles. The van der Waals surface area contributed by atoms with Gasteiger partial charge in [0.05, 0.1) is 12.2 Å². The van der Waals surface area contributed by atoms with E-state index < -0.39 is 13.4 Å². The average Bonchev–Trinajstić information content (AvgIpc) is 2.51. The number of aromatic nitrogens is 1. The second-order valence-corrected chi connectivity index (χ2v) is 8.82. The van der Waals surface area contributed by atoms with Gasteiger partial charge in [0.15, 0.2) is 5.78 Å². The molecule has 2 aromatic rings. The summed E-state index contributed by atoms with van der Waals surface area (Å²) >= 11 is 0. The van der Waals surface area contributed by atoms with Crippen LogP contribution in [0.3, 0.4) is 0 Å². The van der Waals surface area contributed by atoms with Crippen molar-refractivity contribution >= 4 is 13.4 Å². The number of aromatic hydroxyl groups is 2. The Balaban J connectivity index is 2.57. The summed E-state index contributed by atoms with van der Waals surface area (Å²) in [7, 11) is -3.78. The van der Waals surface area contributed by atoms with Crippen molar-refractivity contribution in [3.05, 3.63) is 47.7 Å². The summed E-state index contributed by atoms with van der Waals surface area (Å²) < 4.78 is 25.2. The molecule has 0 fully saturated rings. The highest BCUT2D eigenvalue weighted by Gasteiger charge is 2.41. The first-order valence-electron chi connectivity index (χ1n) is 8.79. The molecule has 27 heavy (non-hydrogen) atoms. The molecule has 0 aliphatic rings. The summed E-state index contributed by atoms with van der Waals surface area (Å²) in [4.78, 5) is 4.38. The van der Waals surface area contributed by atoms with E-state index in [4.69, 9.17) is 9.05 Å². The second-order valence-electron chi connectivity index (χ2n) is 6.80. The number of phenols is 2. The Bertz CT molecular complexity index is 811. The molecule has 8 heteroatoms. The lowest BCUT2D eigenvalue weighted by atomic mass is 10.2. The molecule has 1 aromatic carbocycles. The van der Waals surface area contributed by atoms with Crippen LogP contribution in [0.5, 0.6) is 11.5 Å². The molecule has 1 unspecified atom stereocenters. The van der Waals surface area contributed by atoms with E-state index in [9.17, 15) is 14.8 Å². The summed E-state index contributed by atoms with van der Waals surface area (Å²) in [6.07, 6.45) is -0.743. The molecule has 0 spiro atoms. The summed E-state index contributed by atoms with van der Waals surface area (Å²) in [5.74, 6) is -0.877. The predicted molar refractivity (Wildman–Crippen MR) is 105 cm³/mol. The van der Waals surface area contributed by atoms with Crippen molar-refractivity contribution in [3.63, 3.8) is 0 Å². The van der Waals surface area contributed by atoms with Crippen LogP contribution in [0.15, 0.2) is 36.4 Å². The largest absolute Gasteiger partial charge is 0.508 e. The molecule has 3 N–H and O–H groups in total. The molecule has 1 aromatic heterocycles. The van der Waals surface area contributed by atoms with Crippen molar-refractivity contribution in [2.45, 2.75) is 52.6 Å². The number of nitrogens with zero attached hydrogens (tertiary/aromatic N) is 1. The van der Waals surface area contributed by atoms with E-state index in [1.165, 1.54) is 18.2 Å². The molecule has 1 atom stereocenters. The molecule has 0 aliphatic carbocycles. The zero-order chi connectivity index (χ0) is 20.2. The zero-order valence-corrected chi connectivity index (χ0v) is 17.1. The van der Waals surface area contributed by atoms with E-state index >= 15 is 0 Å². The third kappa shape index (κ3) is 5.70. The number of aryl methyl sites for hydroxylation is 1. The van der Waals surface area contributed by atoms with Gasteiger partial charge in [-0.05, 0) is 58.9 Å². The zero-order valence-electron chi connectivity index (χ0n) is 16.2. The molecule has 0 bridgehead atoms.